The second-order valence-electron chi connectivity index (χ2n) is 6.64. The first-order valence-corrected chi connectivity index (χ1v) is 9.98. The van der Waals surface area contributed by atoms with Crippen molar-refractivity contribution in [1.82, 2.24) is 9.80 Å². The summed E-state index contributed by atoms with van der Waals surface area (Å²) in [6, 6.07) is 9.85. The van der Waals surface area contributed by atoms with Gasteiger partial charge in [-0.25, -0.2) is 0 Å². The molecule has 1 aliphatic carbocycles. The third kappa shape index (κ3) is 4.76. The van der Waals surface area contributed by atoms with Crippen LogP contribution in [0.3, 0.4) is 0 Å². The number of hydrogen-bond acceptors (Lipinski definition) is 3. The first kappa shape index (κ1) is 17.3. The number of carbonyl (C=O) groups excluding carboxylic acids is 2. The molecular weight excluding hydrogens is 320 g/mol. The molecule has 1 saturated carbocycles. The van der Waals surface area contributed by atoms with E-state index in [1.807, 2.05) is 51.9 Å². The van der Waals surface area contributed by atoms with E-state index >= 15 is 0 Å². The molecule has 0 atom stereocenters. The van der Waals surface area contributed by atoms with Gasteiger partial charge in [0.25, 0.3) is 0 Å². The van der Waals surface area contributed by atoms with Crippen LogP contribution in [0.4, 0.5) is 0 Å². The number of hydrogen-bond donors (Lipinski definition) is 0. The maximum atomic E-state index is 12.4. The maximum Gasteiger partial charge on any atom is 0.232 e. The quantitative estimate of drug-likeness (QED) is 0.823. The summed E-state index contributed by atoms with van der Waals surface area (Å²) >= 11 is 1.82. The molecule has 3 rings (SSSR count). The first-order chi connectivity index (χ1) is 11.7. The predicted octanol–water partition coefficient (Wildman–Crippen LogP) is 2.58. The number of nitrogens with zero attached hydrogens (tertiary/aromatic N) is 2. The van der Waals surface area contributed by atoms with Crippen molar-refractivity contribution in [3.05, 3.63) is 35.9 Å². The summed E-state index contributed by atoms with van der Waals surface area (Å²) in [5.41, 5.74) is 1.05. The number of benzene rings is 1. The van der Waals surface area contributed by atoms with E-state index in [2.05, 4.69) is 0 Å². The molecule has 2 aliphatic rings. The normalized spacial score (nSPS) is 18.8. The molecule has 0 aromatic heterocycles. The summed E-state index contributed by atoms with van der Waals surface area (Å²) in [4.78, 5) is 28.5. The van der Waals surface area contributed by atoms with Crippen molar-refractivity contribution in [3.63, 3.8) is 0 Å². The van der Waals surface area contributed by atoms with Gasteiger partial charge in [0, 0.05) is 31.4 Å². The minimum Gasteiger partial charge on any atom is -0.339 e. The molecule has 2 amide bonds. The van der Waals surface area contributed by atoms with Gasteiger partial charge in [-0.15, -0.1) is 11.8 Å². The van der Waals surface area contributed by atoms with Gasteiger partial charge in [-0.1, -0.05) is 43.2 Å². The SMILES string of the molecule is O=C(CSC1CCCC1)N1CCN(C(=O)Cc2ccccc2)CC1. The molecule has 24 heavy (non-hydrogen) atoms. The van der Waals surface area contributed by atoms with Crippen molar-refractivity contribution < 1.29 is 9.59 Å². The van der Waals surface area contributed by atoms with Crippen LogP contribution in [0.25, 0.3) is 0 Å². The van der Waals surface area contributed by atoms with Crippen LogP contribution in [-0.4, -0.2) is 58.8 Å². The summed E-state index contributed by atoms with van der Waals surface area (Å²) in [5, 5.41) is 0.683. The monoisotopic (exact) mass is 346 g/mol. The fourth-order valence-electron chi connectivity index (χ4n) is 3.42. The second kappa shape index (κ2) is 8.56. The van der Waals surface area contributed by atoms with Gasteiger partial charge >= 0.3 is 0 Å². The van der Waals surface area contributed by atoms with Crippen LogP contribution in [0.1, 0.15) is 31.2 Å². The highest BCUT2D eigenvalue weighted by Crippen LogP contribution is 2.29. The topological polar surface area (TPSA) is 40.6 Å². The van der Waals surface area contributed by atoms with Gasteiger partial charge in [0.05, 0.1) is 12.2 Å². The van der Waals surface area contributed by atoms with Crippen LogP contribution >= 0.6 is 11.8 Å². The fourth-order valence-corrected chi connectivity index (χ4v) is 4.65. The summed E-state index contributed by atoms with van der Waals surface area (Å²) in [7, 11) is 0. The molecular formula is C19H26N2O2S. The molecule has 4 nitrogen and oxygen atoms in total. The molecule has 1 aliphatic heterocycles. The first-order valence-electron chi connectivity index (χ1n) is 8.93. The maximum absolute atomic E-state index is 12.4. The zero-order chi connectivity index (χ0) is 16.8. The van der Waals surface area contributed by atoms with Crippen molar-refractivity contribution in [3.8, 4) is 0 Å². The molecule has 0 N–H and O–H groups in total. The van der Waals surface area contributed by atoms with E-state index in [9.17, 15) is 9.59 Å². The minimum absolute atomic E-state index is 0.161. The lowest BCUT2D eigenvalue weighted by atomic mass is 10.1. The second-order valence-corrected chi connectivity index (χ2v) is 7.93. The van der Waals surface area contributed by atoms with Gasteiger partial charge in [-0.3, -0.25) is 9.59 Å². The van der Waals surface area contributed by atoms with Gasteiger partial charge in [0.2, 0.25) is 11.8 Å². The molecule has 1 aromatic carbocycles. The Morgan fingerprint density at radius 2 is 1.50 bits per heavy atom. The standard InChI is InChI=1S/C19H26N2O2S/c22-18(14-16-6-2-1-3-7-16)20-10-12-21(13-11-20)19(23)15-24-17-8-4-5-9-17/h1-3,6-7,17H,4-5,8-15H2. The molecule has 1 saturated heterocycles. The van der Waals surface area contributed by atoms with Crippen LogP contribution in [0.5, 0.6) is 0 Å². The lowest BCUT2D eigenvalue weighted by Crippen LogP contribution is -2.51. The van der Waals surface area contributed by atoms with Crippen molar-refractivity contribution in [2.75, 3.05) is 31.9 Å². The van der Waals surface area contributed by atoms with Crippen molar-refractivity contribution >= 4 is 23.6 Å². The number of rotatable bonds is 5. The Kier molecular flexibility index (Phi) is 6.18. The third-order valence-electron chi connectivity index (χ3n) is 4.93. The Hall–Kier alpha value is -1.49. The average Bonchev–Trinajstić information content (AvgIpc) is 3.14. The molecule has 0 spiro atoms. The zero-order valence-electron chi connectivity index (χ0n) is 14.2. The molecule has 1 aromatic rings. The minimum atomic E-state index is 0.161. The molecule has 0 unspecified atom stereocenters. The number of amides is 2. The Morgan fingerprint density at radius 1 is 0.917 bits per heavy atom. The van der Waals surface area contributed by atoms with E-state index in [4.69, 9.17) is 0 Å². The fraction of sp³-hybridized carbons (Fsp3) is 0.579. The van der Waals surface area contributed by atoms with E-state index in [1.165, 1.54) is 25.7 Å². The van der Waals surface area contributed by atoms with Crippen molar-refractivity contribution in [1.29, 1.82) is 0 Å². The van der Waals surface area contributed by atoms with Crippen molar-refractivity contribution in [2.24, 2.45) is 0 Å². The average molecular weight is 346 g/mol. The summed E-state index contributed by atoms with van der Waals surface area (Å²) in [6.45, 7) is 2.66. The molecule has 0 bridgehead atoms. The Balaban J connectivity index is 1.40. The van der Waals surface area contributed by atoms with E-state index in [0.717, 1.165) is 5.56 Å². The van der Waals surface area contributed by atoms with Gasteiger partial charge < -0.3 is 9.80 Å². The van der Waals surface area contributed by atoms with E-state index < -0.39 is 0 Å². The molecule has 1 heterocycles. The Labute approximate surface area is 148 Å². The molecule has 0 radical (unpaired) electrons. The number of piperazine rings is 1. The third-order valence-corrected chi connectivity index (χ3v) is 6.28. The highest BCUT2D eigenvalue weighted by atomic mass is 32.2. The highest BCUT2D eigenvalue weighted by Gasteiger charge is 2.25. The number of thioether (sulfide) groups is 1. The smallest absolute Gasteiger partial charge is 0.232 e. The lowest BCUT2D eigenvalue weighted by molar-refractivity contribution is -0.137. The summed E-state index contributed by atoms with van der Waals surface area (Å²) in [5.74, 6) is 0.999. The predicted molar refractivity (Wildman–Crippen MR) is 98.0 cm³/mol. The van der Waals surface area contributed by atoms with Crippen LogP contribution in [-0.2, 0) is 16.0 Å². The Morgan fingerprint density at radius 3 is 2.12 bits per heavy atom. The van der Waals surface area contributed by atoms with E-state index in [1.54, 1.807) is 0 Å². The molecule has 5 heteroatoms. The zero-order valence-corrected chi connectivity index (χ0v) is 15.0. The van der Waals surface area contributed by atoms with E-state index in [0.29, 0.717) is 43.6 Å². The van der Waals surface area contributed by atoms with Crippen molar-refractivity contribution in [2.45, 2.75) is 37.4 Å². The summed E-state index contributed by atoms with van der Waals surface area (Å²) < 4.78 is 0. The summed E-state index contributed by atoms with van der Waals surface area (Å²) in [6.07, 6.45) is 5.61. The van der Waals surface area contributed by atoms with Gasteiger partial charge in [-0.05, 0) is 18.4 Å². The lowest BCUT2D eigenvalue weighted by Gasteiger charge is -2.35. The van der Waals surface area contributed by atoms with Gasteiger partial charge in [-0.2, -0.15) is 0 Å². The van der Waals surface area contributed by atoms with E-state index in [-0.39, 0.29) is 11.8 Å². The Bertz CT molecular complexity index is 550. The van der Waals surface area contributed by atoms with Crippen LogP contribution in [0, 0.1) is 0 Å². The number of carbonyl (C=O) groups is 2. The molecule has 2 fully saturated rings. The molecule has 130 valence electrons. The van der Waals surface area contributed by atoms with Crippen LogP contribution in [0.15, 0.2) is 30.3 Å². The van der Waals surface area contributed by atoms with Gasteiger partial charge in [0.15, 0.2) is 0 Å². The van der Waals surface area contributed by atoms with Crippen LogP contribution in [0.2, 0.25) is 0 Å². The highest BCUT2D eigenvalue weighted by molar-refractivity contribution is 8.00. The largest absolute Gasteiger partial charge is 0.339 e. The van der Waals surface area contributed by atoms with Gasteiger partial charge in [0.1, 0.15) is 0 Å². The van der Waals surface area contributed by atoms with Crippen LogP contribution < -0.4 is 0 Å².